The van der Waals surface area contributed by atoms with Gasteiger partial charge in [-0.1, -0.05) is 28.1 Å². The molecule has 0 bridgehead atoms. The highest BCUT2D eigenvalue weighted by Crippen LogP contribution is 2.21. The van der Waals surface area contributed by atoms with Crippen molar-refractivity contribution in [3.63, 3.8) is 0 Å². The van der Waals surface area contributed by atoms with E-state index < -0.39 is 0 Å². The van der Waals surface area contributed by atoms with E-state index >= 15 is 0 Å². The van der Waals surface area contributed by atoms with Gasteiger partial charge in [0.15, 0.2) is 0 Å². The lowest BCUT2D eigenvalue weighted by molar-refractivity contribution is -0.137. The molecule has 0 amide bonds. The maximum absolute atomic E-state index is 11.1. The fourth-order valence-electron chi connectivity index (χ4n) is 1.72. The Bertz CT molecular complexity index is 601. The van der Waals surface area contributed by atoms with Gasteiger partial charge >= 0.3 is 5.97 Å². The third-order valence-corrected chi connectivity index (χ3v) is 4.30. The predicted molar refractivity (Wildman–Crippen MR) is 90.7 cm³/mol. The summed E-state index contributed by atoms with van der Waals surface area (Å²) in [7, 11) is 1.40. The summed E-state index contributed by atoms with van der Waals surface area (Å²) >= 11 is 4.93. The third-order valence-electron chi connectivity index (χ3n) is 2.82. The fraction of sp³-hybridized carbons (Fsp3) is 0.188. The number of nitrogens with one attached hydrogen (secondary N) is 1. The van der Waals surface area contributed by atoms with Crippen molar-refractivity contribution < 1.29 is 9.53 Å². The summed E-state index contributed by atoms with van der Waals surface area (Å²) in [6.07, 6.45) is 0. The number of rotatable bonds is 6. The van der Waals surface area contributed by atoms with E-state index in [4.69, 9.17) is 0 Å². The van der Waals surface area contributed by atoms with Crippen LogP contribution in [0.3, 0.4) is 0 Å². The van der Waals surface area contributed by atoms with Gasteiger partial charge in [0.25, 0.3) is 0 Å². The first kappa shape index (κ1) is 15.9. The second-order valence-electron chi connectivity index (χ2n) is 4.37. The summed E-state index contributed by atoms with van der Waals surface area (Å²) in [6.45, 7) is 0.772. The Balaban J connectivity index is 1.86. The summed E-state index contributed by atoms with van der Waals surface area (Å²) in [6, 6.07) is 16.2. The van der Waals surface area contributed by atoms with Crippen molar-refractivity contribution in [2.45, 2.75) is 11.4 Å². The number of anilines is 1. The maximum Gasteiger partial charge on any atom is 0.315 e. The molecule has 0 aliphatic carbocycles. The van der Waals surface area contributed by atoms with Gasteiger partial charge in [-0.15, -0.1) is 11.8 Å². The van der Waals surface area contributed by atoms with Crippen molar-refractivity contribution in [2.75, 3.05) is 18.2 Å². The minimum Gasteiger partial charge on any atom is -0.468 e. The molecule has 3 nitrogen and oxygen atoms in total. The molecule has 0 saturated heterocycles. The number of ether oxygens (including phenoxy) is 1. The van der Waals surface area contributed by atoms with Crippen LogP contribution in [0.1, 0.15) is 5.56 Å². The number of hydrogen-bond donors (Lipinski definition) is 1. The molecule has 0 aliphatic heterocycles. The fourth-order valence-corrected chi connectivity index (χ4v) is 2.90. The number of carbonyl (C=O) groups is 1. The highest BCUT2D eigenvalue weighted by Gasteiger charge is 2.02. The van der Waals surface area contributed by atoms with Gasteiger partial charge in [0.2, 0.25) is 0 Å². The highest BCUT2D eigenvalue weighted by atomic mass is 79.9. The van der Waals surface area contributed by atoms with E-state index in [2.05, 4.69) is 38.1 Å². The van der Waals surface area contributed by atoms with E-state index in [0.29, 0.717) is 5.75 Å². The number of hydrogen-bond acceptors (Lipinski definition) is 4. The van der Waals surface area contributed by atoms with Crippen LogP contribution in [0.2, 0.25) is 0 Å². The van der Waals surface area contributed by atoms with Crippen molar-refractivity contribution in [1.82, 2.24) is 0 Å². The average Bonchev–Trinajstić information content (AvgIpc) is 2.51. The van der Waals surface area contributed by atoms with Gasteiger partial charge in [-0.25, -0.2) is 0 Å². The molecule has 0 fully saturated rings. The van der Waals surface area contributed by atoms with Crippen molar-refractivity contribution >= 4 is 39.3 Å². The lowest BCUT2D eigenvalue weighted by Crippen LogP contribution is -2.02. The van der Waals surface area contributed by atoms with E-state index in [1.54, 1.807) is 0 Å². The van der Waals surface area contributed by atoms with E-state index in [0.717, 1.165) is 21.6 Å². The summed E-state index contributed by atoms with van der Waals surface area (Å²) in [4.78, 5) is 12.1. The molecule has 0 spiro atoms. The van der Waals surface area contributed by atoms with Crippen LogP contribution in [-0.2, 0) is 16.1 Å². The van der Waals surface area contributed by atoms with Gasteiger partial charge in [-0.05, 0) is 42.0 Å². The molecule has 110 valence electrons. The quantitative estimate of drug-likeness (QED) is 0.610. The Morgan fingerprint density at radius 1 is 1.24 bits per heavy atom. The summed E-state index contributed by atoms with van der Waals surface area (Å²) in [5.74, 6) is 0.123. The maximum atomic E-state index is 11.1. The van der Waals surface area contributed by atoms with Crippen LogP contribution in [0.4, 0.5) is 5.69 Å². The Morgan fingerprint density at radius 3 is 2.67 bits per heavy atom. The number of carbonyl (C=O) groups excluding carboxylic acids is 1. The van der Waals surface area contributed by atoms with Crippen LogP contribution in [0.5, 0.6) is 0 Å². The van der Waals surface area contributed by atoms with E-state index in [-0.39, 0.29) is 5.97 Å². The lowest BCUT2D eigenvalue weighted by Gasteiger charge is -2.08. The van der Waals surface area contributed by atoms with Gasteiger partial charge in [-0.3, -0.25) is 4.79 Å². The molecule has 0 unspecified atom stereocenters. The van der Waals surface area contributed by atoms with Crippen LogP contribution in [0.25, 0.3) is 0 Å². The molecule has 1 N–H and O–H groups in total. The summed E-state index contributed by atoms with van der Waals surface area (Å²) in [5, 5.41) is 3.37. The molecule has 0 atom stereocenters. The zero-order chi connectivity index (χ0) is 15.1. The van der Waals surface area contributed by atoms with Crippen LogP contribution >= 0.6 is 27.7 Å². The number of thioether (sulfide) groups is 1. The smallest absolute Gasteiger partial charge is 0.315 e. The number of methoxy groups -OCH3 is 1. The average molecular weight is 366 g/mol. The Labute approximate surface area is 137 Å². The van der Waals surface area contributed by atoms with Gasteiger partial charge < -0.3 is 10.1 Å². The Morgan fingerprint density at radius 2 is 2.00 bits per heavy atom. The van der Waals surface area contributed by atoms with Crippen molar-refractivity contribution in [3.8, 4) is 0 Å². The zero-order valence-electron chi connectivity index (χ0n) is 11.6. The normalized spacial score (nSPS) is 10.2. The summed E-state index contributed by atoms with van der Waals surface area (Å²) in [5.41, 5.74) is 2.27. The van der Waals surface area contributed by atoms with E-state index in [1.165, 1.54) is 24.4 Å². The zero-order valence-corrected chi connectivity index (χ0v) is 14.0. The number of halogens is 1. The Hall–Kier alpha value is -1.46. The second-order valence-corrected chi connectivity index (χ2v) is 6.34. The van der Waals surface area contributed by atoms with Crippen molar-refractivity contribution in [2.24, 2.45) is 0 Å². The minimum atomic E-state index is -0.211. The topological polar surface area (TPSA) is 38.3 Å². The molecule has 0 aliphatic rings. The highest BCUT2D eigenvalue weighted by molar-refractivity contribution is 9.10. The van der Waals surface area contributed by atoms with Gasteiger partial charge in [-0.2, -0.15) is 0 Å². The molecule has 0 saturated carbocycles. The third kappa shape index (κ3) is 5.44. The van der Waals surface area contributed by atoms with Gasteiger partial charge in [0, 0.05) is 21.6 Å². The van der Waals surface area contributed by atoms with Crippen LogP contribution in [0.15, 0.2) is 57.9 Å². The predicted octanol–water partition coefficient (Wildman–Crippen LogP) is 4.33. The standard InChI is InChI=1S/C16H16BrNO2S/c1-20-16(19)11-21-15-7-5-14(6-8-15)18-10-12-3-2-4-13(17)9-12/h2-9,18H,10-11H2,1H3. The van der Waals surface area contributed by atoms with Gasteiger partial charge in [0.05, 0.1) is 12.9 Å². The molecule has 21 heavy (non-hydrogen) atoms. The molecule has 5 heteroatoms. The molecule has 2 rings (SSSR count). The first-order valence-corrected chi connectivity index (χ1v) is 8.23. The minimum absolute atomic E-state index is 0.211. The number of esters is 1. The summed E-state index contributed by atoms with van der Waals surface area (Å²) < 4.78 is 5.70. The number of benzene rings is 2. The molecule has 2 aromatic rings. The Kier molecular flexibility index (Phi) is 6.14. The van der Waals surface area contributed by atoms with Crippen LogP contribution < -0.4 is 5.32 Å². The van der Waals surface area contributed by atoms with Crippen molar-refractivity contribution in [1.29, 1.82) is 0 Å². The monoisotopic (exact) mass is 365 g/mol. The molecule has 0 aromatic heterocycles. The van der Waals surface area contributed by atoms with E-state index in [9.17, 15) is 4.79 Å². The first-order valence-electron chi connectivity index (χ1n) is 6.45. The molecule has 0 heterocycles. The van der Waals surface area contributed by atoms with Gasteiger partial charge in [0.1, 0.15) is 0 Å². The van der Waals surface area contributed by atoms with Crippen LogP contribution in [-0.4, -0.2) is 18.8 Å². The molecular weight excluding hydrogens is 350 g/mol. The molecule has 2 aromatic carbocycles. The van der Waals surface area contributed by atoms with Crippen molar-refractivity contribution in [3.05, 3.63) is 58.6 Å². The molecule has 0 radical (unpaired) electrons. The van der Waals surface area contributed by atoms with E-state index in [1.807, 2.05) is 36.4 Å². The first-order chi connectivity index (χ1) is 10.2. The van der Waals surface area contributed by atoms with Crippen LogP contribution in [0, 0.1) is 0 Å². The molecular formula is C16H16BrNO2S. The second kappa shape index (κ2) is 8.10. The SMILES string of the molecule is COC(=O)CSc1ccc(NCc2cccc(Br)c2)cc1. The lowest BCUT2D eigenvalue weighted by atomic mass is 10.2. The largest absolute Gasteiger partial charge is 0.468 e.